The van der Waals surface area contributed by atoms with E-state index in [1.54, 1.807) is 12.1 Å². The quantitative estimate of drug-likeness (QED) is 0.636. The number of hydrogen-bond acceptors (Lipinski definition) is 2. The van der Waals surface area contributed by atoms with Crippen LogP contribution >= 0.6 is 0 Å². The summed E-state index contributed by atoms with van der Waals surface area (Å²) in [6.45, 7) is 0.762. The van der Waals surface area contributed by atoms with Crippen LogP contribution in [0.25, 0.3) is 0 Å². The monoisotopic (exact) mass is 269 g/mol. The average Bonchev–Trinajstić information content (AvgIpc) is 3.01. The lowest BCUT2D eigenvalue weighted by Crippen LogP contribution is -2.41. The Morgan fingerprint density at radius 2 is 2.10 bits per heavy atom. The lowest BCUT2D eigenvalue weighted by molar-refractivity contribution is 0.0976. The van der Waals surface area contributed by atoms with Crippen LogP contribution in [0.4, 0.5) is 5.69 Å². The van der Waals surface area contributed by atoms with E-state index in [1.165, 1.54) is 11.8 Å². The van der Waals surface area contributed by atoms with E-state index in [0.29, 0.717) is 0 Å². The van der Waals surface area contributed by atoms with Crippen molar-refractivity contribution in [3.05, 3.63) is 54.0 Å². The van der Waals surface area contributed by atoms with Crippen molar-refractivity contribution in [2.45, 2.75) is 12.8 Å². The van der Waals surface area contributed by atoms with Crippen LogP contribution in [0.15, 0.2) is 52.1 Å². The van der Waals surface area contributed by atoms with Crippen molar-refractivity contribution in [1.29, 1.82) is 0 Å². The highest BCUT2D eigenvalue weighted by Crippen LogP contribution is 2.26. The van der Waals surface area contributed by atoms with Crippen LogP contribution in [0.3, 0.4) is 0 Å². The number of furan rings is 1. The first-order valence-electron chi connectivity index (χ1n) is 6.53. The number of para-hydroxylation sites is 1. The largest absolute Gasteiger partial charge is 0.459 e. The lowest BCUT2D eigenvalue weighted by atomic mass is 10.0. The number of carbonyl (C=O) groups is 1. The third-order valence-corrected chi connectivity index (χ3v) is 3.33. The van der Waals surface area contributed by atoms with Gasteiger partial charge in [-0.15, -0.1) is 0 Å². The van der Waals surface area contributed by atoms with E-state index in [9.17, 15) is 4.79 Å². The van der Waals surface area contributed by atoms with Gasteiger partial charge in [-0.05, 0) is 36.6 Å². The van der Waals surface area contributed by atoms with E-state index < -0.39 is 5.91 Å². The third-order valence-electron chi connectivity index (χ3n) is 3.33. The first-order chi connectivity index (χ1) is 9.75. The molecule has 1 aromatic heterocycles. The highest BCUT2D eigenvalue weighted by atomic mass is 16.3. The van der Waals surface area contributed by atoms with Crippen LogP contribution in [-0.4, -0.2) is 18.4 Å². The molecule has 5 nitrogen and oxygen atoms in total. The van der Waals surface area contributed by atoms with Crippen LogP contribution in [0.1, 0.15) is 22.5 Å². The predicted molar refractivity (Wildman–Crippen MR) is 76.8 cm³/mol. The molecule has 0 saturated heterocycles. The summed E-state index contributed by atoms with van der Waals surface area (Å²) in [6.07, 6.45) is 3.45. The van der Waals surface area contributed by atoms with Gasteiger partial charge >= 0.3 is 5.91 Å². The van der Waals surface area contributed by atoms with E-state index >= 15 is 0 Å². The van der Waals surface area contributed by atoms with Crippen LogP contribution in [0.2, 0.25) is 0 Å². The molecule has 0 fully saturated rings. The SMILES string of the molecule is NC(=NC(=O)c1ccco1)N1CCCc2ccccc21. The fourth-order valence-electron chi connectivity index (χ4n) is 2.39. The number of carbonyl (C=O) groups excluding carboxylic acids is 1. The summed E-state index contributed by atoms with van der Waals surface area (Å²) in [6, 6.07) is 11.2. The van der Waals surface area contributed by atoms with E-state index in [-0.39, 0.29) is 11.7 Å². The zero-order chi connectivity index (χ0) is 13.9. The molecule has 2 N–H and O–H groups in total. The zero-order valence-electron chi connectivity index (χ0n) is 11.0. The Bertz CT molecular complexity index is 647. The van der Waals surface area contributed by atoms with Crippen LogP contribution in [-0.2, 0) is 6.42 Å². The minimum absolute atomic E-state index is 0.193. The minimum atomic E-state index is -0.462. The maximum atomic E-state index is 11.9. The molecule has 0 saturated carbocycles. The van der Waals surface area contributed by atoms with Gasteiger partial charge < -0.3 is 15.1 Å². The Balaban J connectivity index is 1.88. The molecule has 20 heavy (non-hydrogen) atoms. The van der Waals surface area contributed by atoms with E-state index in [2.05, 4.69) is 11.1 Å². The topological polar surface area (TPSA) is 71.8 Å². The molecule has 1 aliphatic heterocycles. The second-order valence-corrected chi connectivity index (χ2v) is 4.64. The number of guanidine groups is 1. The number of amides is 1. The molecule has 1 amide bonds. The highest BCUT2D eigenvalue weighted by molar-refractivity contribution is 6.06. The maximum absolute atomic E-state index is 11.9. The molecular formula is C15H15N3O2. The molecule has 0 spiro atoms. The van der Waals surface area contributed by atoms with Crippen LogP contribution in [0, 0.1) is 0 Å². The molecule has 0 unspecified atom stereocenters. The summed E-state index contributed by atoms with van der Waals surface area (Å²) in [7, 11) is 0. The number of aryl methyl sites for hydroxylation is 1. The van der Waals surface area contributed by atoms with Crippen molar-refractivity contribution in [3.8, 4) is 0 Å². The summed E-state index contributed by atoms with van der Waals surface area (Å²) >= 11 is 0. The summed E-state index contributed by atoms with van der Waals surface area (Å²) in [5.41, 5.74) is 8.23. The molecule has 0 bridgehead atoms. The number of hydrogen-bond donors (Lipinski definition) is 1. The van der Waals surface area contributed by atoms with Crippen molar-refractivity contribution in [2.24, 2.45) is 10.7 Å². The average molecular weight is 269 g/mol. The molecule has 102 valence electrons. The number of rotatable bonds is 1. The molecule has 2 heterocycles. The van der Waals surface area contributed by atoms with Crippen LogP contribution in [0.5, 0.6) is 0 Å². The molecule has 3 rings (SSSR count). The standard InChI is InChI=1S/C15H15N3O2/c16-15(17-14(19)13-8-4-10-20-13)18-9-3-6-11-5-1-2-7-12(11)18/h1-2,4-5,7-8,10H,3,6,9H2,(H2,16,17,19). The smallest absolute Gasteiger partial charge is 0.315 e. The van der Waals surface area contributed by atoms with Crippen molar-refractivity contribution in [3.63, 3.8) is 0 Å². The summed E-state index contributed by atoms with van der Waals surface area (Å²) in [4.78, 5) is 17.7. The van der Waals surface area contributed by atoms with Gasteiger partial charge in [-0.3, -0.25) is 4.79 Å². The number of anilines is 1. The summed E-state index contributed by atoms with van der Waals surface area (Å²) < 4.78 is 5.02. The van der Waals surface area contributed by atoms with Gasteiger partial charge in [0.1, 0.15) is 0 Å². The number of fused-ring (bicyclic) bond motifs is 1. The number of nitrogens with zero attached hydrogens (tertiary/aromatic N) is 2. The van der Waals surface area contributed by atoms with E-state index in [1.807, 2.05) is 23.1 Å². The van der Waals surface area contributed by atoms with Gasteiger partial charge in [0.25, 0.3) is 0 Å². The highest BCUT2D eigenvalue weighted by Gasteiger charge is 2.20. The van der Waals surface area contributed by atoms with Gasteiger partial charge in [-0.2, -0.15) is 4.99 Å². The Labute approximate surface area is 116 Å². The Kier molecular flexibility index (Phi) is 3.25. The summed E-state index contributed by atoms with van der Waals surface area (Å²) in [5.74, 6) is -0.0626. The van der Waals surface area contributed by atoms with Crippen molar-refractivity contribution >= 4 is 17.6 Å². The summed E-state index contributed by atoms with van der Waals surface area (Å²) in [5, 5.41) is 0. The van der Waals surface area contributed by atoms with Gasteiger partial charge in [-0.25, -0.2) is 0 Å². The second-order valence-electron chi connectivity index (χ2n) is 4.64. The van der Waals surface area contributed by atoms with Gasteiger partial charge in [-0.1, -0.05) is 18.2 Å². The van der Waals surface area contributed by atoms with Crippen molar-refractivity contribution in [1.82, 2.24) is 0 Å². The molecular weight excluding hydrogens is 254 g/mol. The Morgan fingerprint density at radius 3 is 2.90 bits per heavy atom. The zero-order valence-corrected chi connectivity index (χ0v) is 11.0. The number of nitrogens with two attached hydrogens (primary N) is 1. The van der Waals surface area contributed by atoms with Gasteiger partial charge in [0.15, 0.2) is 5.76 Å². The van der Waals surface area contributed by atoms with Gasteiger partial charge in [0.05, 0.1) is 6.26 Å². The molecule has 0 atom stereocenters. The van der Waals surface area contributed by atoms with Crippen molar-refractivity contribution in [2.75, 3.05) is 11.4 Å². The molecule has 0 radical (unpaired) electrons. The second kappa shape index (κ2) is 5.21. The van der Waals surface area contributed by atoms with Gasteiger partial charge in [0.2, 0.25) is 5.96 Å². The van der Waals surface area contributed by atoms with E-state index in [0.717, 1.165) is 25.1 Å². The first kappa shape index (κ1) is 12.5. The molecule has 0 aliphatic carbocycles. The number of aliphatic imine (C=N–C) groups is 1. The minimum Gasteiger partial charge on any atom is -0.459 e. The van der Waals surface area contributed by atoms with Crippen molar-refractivity contribution < 1.29 is 9.21 Å². The fourth-order valence-corrected chi connectivity index (χ4v) is 2.39. The third kappa shape index (κ3) is 2.30. The molecule has 1 aromatic carbocycles. The molecule has 2 aromatic rings. The maximum Gasteiger partial charge on any atom is 0.315 e. The van der Waals surface area contributed by atoms with E-state index in [4.69, 9.17) is 10.2 Å². The molecule has 1 aliphatic rings. The Morgan fingerprint density at radius 1 is 1.25 bits per heavy atom. The Hall–Kier alpha value is -2.56. The first-order valence-corrected chi connectivity index (χ1v) is 6.53. The predicted octanol–water partition coefficient (Wildman–Crippen LogP) is 2.19. The van der Waals surface area contributed by atoms with Gasteiger partial charge in [0, 0.05) is 12.2 Å². The van der Waals surface area contributed by atoms with Crippen LogP contribution < -0.4 is 10.6 Å². The normalized spacial score (nSPS) is 15.0. The fraction of sp³-hybridized carbons (Fsp3) is 0.200. The molecule has 5 heteroatoms. The lowest BCUT2D eigenvalue weighted by Gasteiger charge is -2.29. The number of benzene rings is 1.